The molecule has 0 aliphatic heterocycles. The number of nitrogens with one attached hydrogen (secondary N) is 1. The number of nitrogen functional groups attached to an aromatic ring is 1. The van der Waals surface area contributed by atoms with E-state index in [0.29, 0.717) is 10.8 Å². The van der Waals surface area contributed by atoms with Crippen LogP contribution in [0, 0.1) is 6.92 Å². The quantitative estimate of drug-likeness (QED) is 0.896. The lowest BCUT2D eigenvalue weighted by Gasteiger charge is -2.19. The van der Waals surface area contributed by atoms with E-state index < -0.39 is 0 Å². The van der Waals surface area contributed by atoms with E-state index in [1.807, 2.05) is 38.2 Å². The van der Waals surface area contributed by atoms with E-state index >= 15 is 0 Å². The van der Waals surface area contributed by atoms with Crippen LogP contribution in [0.2, 0.25) is 5.02 Å². The highest BCUT2D eigenvalue weighted by Gasteiger charge is 2.16. The summed E-state index contributed by atoms with van der Waals surface area (Å²) in [5.41, 5.74) is 9.11. The largest absolute Gasteiger partial charge is 0.383 e. The van der Waals surface area contributed by atoms with Gasteiger partial charge in [0.1, 0.15) is 5.82 Å². The molecule has 100 valence electrons. The summed E-state index contributed by atoms with van der Waals surface area (Å²) in [6.07, 6.45) is 1.77. The standard InChI is InChI=1S/C14H15BrClN3/c1-8-5-10(14(17)19-7-8)13(18-2)9-3-4-12(16)11(15)6-9/h3-7,13,18H,1-2H3,(H2,17,19). The zero-order valence-corrected chi connectivity index (χ0v) is 13.1. The second-order valence-electron chi connectivity index (χ2n) is 4.38. The Balaban J connectivity index is 2.49. The van der Waals surface area contributed by atoms with Crippen LogP contribution < -0.4 is 11.1 Å². The van der Waals surface area contributed by atoms with Crippen molar-refractivity contribution in [2.45, 2.75) is 13.0 Å². The number of nitrogens with two attached hydrogens (primary N) is 1. The van der Waals surface area contributed by atoms with Gasteiger partial charge in [0.05, 0.1) is 11.1 Å². The van der Waals surface area contributed by atoms with Gasteiger partial charge < -0.3 is 11.1 Å². The number of hydrogen-bond acceptors (Lipinski definition) is 3. The predicted octanol–water partition coefficient (Wildman–Crippen LogP) is 3.70. The van der Waals surface area contributed by atoms with Gasteiger partial charge >= 0.3 is 0 Å². The summed E-state index contributed by atoms with van der Waals surface area (Å²) < 4.78 is 0.867. The SMILES string of the molecule is CNC(c1ccc(Cl)c(Br)c1)c1cc(C)cnc1N. The van der Waals surface area contributed by atoms with Crippen LogP contribution >= 0.6 is 27.5 Å². The highest BCUT2D eigenvalue weighted by molar-refractivity contribution is 9.10. The molecule has 0 bridgehead atoms. The third-order valence-electron chi connectivity index (χ3n) is 2.96. The number of aromatic nitrogens is 1. The maximum Gasteiger partial charge on any atom is 0.128 e. The van der Waals surface area contributed by atoms with Crippen molar-refractivity contribution < 1.29 is 0 Å². The van der Waals surface area contributed by atoms with Gasteiger partial charge in [0.15, 0.2) is 0 Å². The first-order valence-electron chi connectivity index (χ1n) is 5.87. The van der Waals surface area contributed by atoms with Gasteiger partial charge in [-0.05, 0) is 59.2 Å². The molecule has 0 saturated carbocycles. The van der Waals surface area contributed by atoms with E-state index in [-0.39, 0.29) is 6.04 Å². The summed E-state index contributed by atoms with van der Waals surface area (Å²) in [4.78, 5) is 4.21. The topological polar surface area (TPSA) is 50.9 Å². The average molecular weight is 341 g/mol. The zero-order chi connectivity index (χ0) is 14.0. The van der Waals surface area contributed by atoms with Gasteiger partial charge in [-0.2, -0.15) is 0 Å². The lowest BCUT2D eigenvalue weighted by Crippen LogP contribution is -2.19. The van der Waals surface area contributed by atoms with Crippen molar-refractivity contribution in [3.63, 3.8) is 0 Å². The Labute approximate surface area is 126 Å². The Morgan fingerprint density at radius 3 is 2.74 bits per heavy atom. The van der Waals surface area contributed by atoms with Gasteiger partial charge in [0.2, 0.25) is 0 Å². The summed E-state index contributed by atoms with van der Waals surface area (Å²) in [6.45, 7) is 2.00. The van der Waals surface area contributed by atoms with Crippen LogP contribution in [-0.2, 0) is 0 Å². The van der Waals surface area contributed by atoms with Gasteiger partial charge in [-0.15, -0.1) is 0 Å². The molecule has 0 aliphatic rings. The minimum Gasteiger partial charge on any atom is -0.383 e. The molecule has 2 rings (SSSR count). The van der Waals surface area contributed by atoms with Crippen molar-refractivity contribution in [2.75, 3.05) is 12.8 Å². The molecule has 1 aromatic carbocycles. The lowest BCUT2D eigenvalue weighted by molar-refractivity contribution is 0.690. The minimum atomic E-state index is -0.0130. The second-order valence-corrected chi connectivity index (χ2v) is 5.64. The molecule has 19 heavy (non-hydrogen) atoms. The summed E-state index contributed by atoms with van der Waals surface area (Å²) in [6, 6.07) is 7.87. The number of halogens is 2. The smallest absolute Gasteiger partial charge is 0.128 e. The fourth-order valence-corrected chi connectivity index (χ4v) is 2.54. The molecule has 3 N–H and O–H groups in total. The number of anilines is 1. The molecule has 1 heterocycles. The van der Waals surface area contributed by atoms with Gasteiger partial charge in [0, 0.05) is 16.2 Å². The summed E-state index contributed by atoms with van der Waals surface area (Å²) in [5.74, 6) is 0.538. The Hall–Kier alpha value is -1.10. The molecule has 0 aliphatic carbocycles. The number of hydrogen-bond donors (Lipinski definition) is 2. The Morgan fingerprint density at radius 2 is 2.11 bits per heavy atom. The predicted molar refractivity (Wildman–Crippen MR) is 83.4 cm³/mol. The van der Waals surface area contributed by atoms with Crippen LogP contribution in [0.3, 0.4) is 0 Å². The number of pyridine rings is 1. The first-order valence-corrected chi connectivity index (χ1v) is 7.04. The Morgan fingerprint density at radius 1 is 1.37 bits per heavy atom. The molecule has 0 fully saturated rings. The molecule has 1 unspecified atom stereocenters. The van der Waals surface area contributed by atoms with Gasteiger partial charge in [0.25, 0.3) is 0 Å². The van der Waals surface area contributed by atoms with E-state index in [9.17, 15) is 0 Å². The maximum absolute atomic E-state index is 6.03. The molecule has 1 atom stereocenters. The highest BCUT2D eigenvalue weighted by atomic mass is 79.9. The third-order valence-corrected chi connectivity index (χ3v) is 4.18. The summed E-state index contributed by atoms with van der Waals surface area (Å²) in [5, 5.41) is 3.95. The van der Waals surface area contributed by atoms with Crippen LogP contribution in [0.5, 0.6) is 0 Å². The lowest BCUT2D eigenvalue weighted by atomic mass is 9.98. The van der Waals surface area contributed by atoms with Crippen molar-refractivity contribution in [3.8, 4) is 0 Å². The van der Waals surface area contributed by atoms with Gasteiger partial charge in [-0.25, -0.2) is 4.98 Å². The van der Waals surface area contributed by atoms with Crippen molar-refractivity contribution in [3.05, 3.63) is 56.6 Å². The molecular formula is C14H15BrClN3. The minimum absolute atomic E-state index is 0.0130. The number of rotatable bonds is 3. The van der Waals surface area contributed by atoms with Crippen LogP contribution in [-0.4, -0.2) is 12.0 Å². The summed E-state index contributed by atoms with van der Waals surface area (Å²) >= 11 is 9.47. The van der Waals surface area contributed by atoms with Crippen LogP contribution in [0.4, 0.5) is 5.82 Å². The first kappa shape index (κ1) is 14.3. The van der Waals surface area contributed by atoms with Crippen molar-refractivity contribution in [2.24, 2.45) is 0 Å². The Kier molecular flexibility index (Phi) is 4.45. The number of aryl methyl sites for hydroxylation is 1. The van der Waals surface area contributed by atoms with Crippen LogP contribution in [0.25, 0.3) is 0 Å². The fourth-order valence-electron chi connectivity index (χ4n) is 2.03. The average Bonchev–Trinajstić information content (AvgIpc) is 2.38. The van der Waals surface area contributed by atoms with Crippen molar-refractivity contribution in [1.29, 1.82) is 0 Å². The normalized spacial score (nSPS) is 12.4. The molecule has 2 aromatic rings. The van der Waals surface area contributed by atoms with Crippen LogP contribution in [0.1, 0.15) is 22.7 Å². The van der Waals surface area contributed by atoms with E-state index in [1.165, 1.54) is 0 Å². The van der Waals surface area contributed by atoms with Gasteiger partial charge in [-0.3, -0.25) is 0 Å². The van der Waals surface area contributed by atoms with Crippen molar-refractivity contribution in [1.82, 2.24) is 10.3 Å². The van der Waals surface area contributed by atoms with Crippen molar-refractivity contribution >= 4 is 33.3 Å². The van der Waals surface area contributed by atoms with Gasteiger partial charge in [-0.1, -0.05) is 17.7 Å². The molecule has 0 radical (unpaired) electrons. The molecule has 1 aromatic heterocycles. The van der Waals surface area contributed by atoms with E-state index in [4.69, 9.17) is 17.3 Å². The van der Waals surface area contributed by atoms with E-state index in [2.05, 4.69) is 26.2 Å². The molecule has 3 nitrogen and oxygen atoms in total. The number of benzene rings is 1. The van der Waals surface area contributed by atoms with Crippen LogP contribution in [0.15, 0.2) is 34.9 Å². The fraction of sp³-hybridized carbons (Fsp3) is 0.214. The number of nitrogens with zero attached hydrogens (tertiary/aromatic N) is 1. The highest BCUT2D eigenvalue weighted by Crippen LogP contribution is 2.30. The molecule has 0 spiro atoms. The van der Waals surface area contributed by atoms with E-state index in [1.54, 1.807) is 6.20 Å². The molecular weight excluding hydrogens is 326 g/mol. The third kappa shape index (κ3) is 3.08. The molecule has 0 saturated heterocycles. The second kappa shape index (κ2) is 5.90. The molecule has 0 amide bonds. The maximum atomic E-state index is 6.03. The Bertz CT molecular complexity index is 601. The summed E-state index contributed by atoms with van der Waals surface area (Å²) in [7, 11) is 1.90. The van der Waals surface area contributed by atoms with E-state index in [0.717, 1.165) is 21.2 Å². The zero-order valence-electron chi connectivity index (χ0n) is 10.7. The monoisotopic (exact) mass is 339 g/mol. The first-order chi connectivity index (χ1) is 9.02. The molecule has 5 heteroatoms.